The summed E-state index contributed by atoms with van der Waals surface area (Å²) in [5, 5.41) is 0. The van der Waals surface area contributed by atoms with Crippen molar-refractivity contribution in [3.05, 3.63) is 59.2 Å². The fraction of sp³-hybridized carbons (Fsp3) is 0.348. The predicted octanol–water partition coefficient (Wildman–Crippen LogP) is 3.05. The summed E-state index contributed by atoms with van der Waals surface area (Å²) in [5.41, 5.74) is 6.09. The van der Waals surface area contributed by atoms with E-state index in [0.29, 0.717) is 29.6 Å². The van der Waals surface area contributed by atoms with Crippen LogP contribution in [0.3, 0.4) is 0 Å². The average Bonchev–Trinajstić information content (AvgIpc) is 2.76. The molecule has 2 amide bonds. The van der Waals surface area contributed by atoms with E-state index in [2.05, 4.69) is 24.7 Å². The third-order valence-corrected chi connectivity index (χ3v) is 4.32. The number of methoxy groups -OCH3 is 1. The molecule has 0 aliphatic heterocycles. The van der Waals surface area contributed by atoms with Gasteiger partial charge in [0.25, 0.3) is 11.8 Å². The highest BCUT2D eigenvalue weighted by atomic mass is 16.5. The lowest BCUT2D eigenvalue weighted by molar-refractivity contribution is -0.125. The molecule has 0 atom stereocenters. The summed E-state index contributed by atoms with van der Waals surface area (Å²) in [5.74, 6) is -0.420. The van der Waals surface area contributed by atoms with E-state index in [4.69, 9.17) is 14.2 Å². The Labute approximate surface area is 181 Å². The highest BCUT2D eigenvalue weighted by Crippen LogP contribution is 2.28. The van der Waals surface area contributed by atoms with Crippen molar-refractivity contribution in [2.24, 2.45) is 5.92 Å². The second-order valence-corrected chi connectivity index (χ2v) is 7.34. The van der Waals surface area contributed by atoms with E-state index in [-0.39, 0.29) is 5.56 Å². The van der Waals surface area contributed by atoms with Crippen LogP contribution < -0.4 is 20.3 Å². The van der Waals surface area contributed by atoms with Crippen molar-refractivity contribution >= 4 is 17.8 Å². The SMILES string of the molecule is COc1cc(C(=O)OCC(=O)NNC(=O)c2ccc(C)cc2)ccc1OCCC(C)C. The maximum atomic E-state index is 12.2. The fourth-order valence-corrected chi connectivity index (χ4v) is 2.47. The molecule has 8 nitrogen and oxygen atoms in total. The number of esters is 1. The second-order valence-electron chi connectivity index (χ2n) is 7.34. The molecule has 2 N–H and O–H groups in total. The van der Waals surface area contributed by atoms with Crippen LogP contribution in [0.25, 0.3) is 0 Å². The van der Waals surface area contributed by atoms with E-state index in [0.717, 1.165) is 12.0 Å². The van der Waals surface area contributed by atoms with E-state index in [1.54, 1.807) is 30.3 Å². The van der Waals surface area contributed by atoms with Crippen molar-refractivity contribution in [1.29, 1.82) is 0 Å². The van der Waals surface area contributed by atoms with Gasteiger partial charge in [0.2, 0.25) is 0 Å². The zero-order chi connectivity index (χ0) is 22.8. The Bertz CT molecular complexity index is 909. The zero-order valence-corrected chi connectivity index (χ0v) is 18.2. The fourth-order valence-electron chi connectivity index (χ4n) is 2.47. The van der Waals surface area contributed by atoms with E-state index >= 15 is 0 Å². The maximum Gasteiger partial charge on any atom is 0.338 e. The van der Waals surface area contributed by atoms with Crippen molar-refractivity contribution in [2.75, 3.05) is 20.3 Å². The van der Waals surface area contributed by atoms with Crippen molar-refractivity contribution in [1.82, 2.24) is 10.9 Å². The van der Waals surface area contributed by atoms with Gasteiger partial charge in [0.05, 0.1) is 19.3 Å². The molecule has 0 saturated carbocycles. The second kappa shape index (κ2) is 11.6. The van der Waals surface area contributed by atoms with Gasteiger partial charge in [-0.3, -0.25) is 20.4 Å². The van der Waals surface area contributed by atoms with Crippen LogP contribution in [0, 0.1) is 12.8 Å². The summed E-state index contributed by atoms with van der Waals surface area (Å²) in [7, 11) is 1.48. The Morgan fingerprint density at radius 2 is 1.61 bits per heavy atom. The molecule has 8 heteroatoms. The van der Waals surface area contributed by atoms with Gasteiger partial charge in [-0.15, -0.1) is 0 Å². The smallest absolute Gasteiger partial charge is 0.338 e. The Kier molecular flexibility index (Phi) is 8.87. The van der Waals surface area contributed by atoms with E-state index < -0.39 is 24.4 Å². The molecule has 0 unspecified atom stereocenters. The highest BCUT2D eigenvalue weighted by Gasteiger charge is 2.15. The monoisotopic (exact) mass is 428 g/mol. The summed E-state index contributed by atoms with van der Waals surface area (Å²) < 4.78 is 16.0. The third kappa shape index (κ3) is 7.65. The summed E-state index contributed by atoms with van der Waals surface area (Å²) >= 11 is 0. The maximum absolute atomic E-state index is 12.2. The van der Waals surface area contributed by atoms with E-state index in [1.807, 2.05) is 6.92 Å². The number of nitrogens with one attached hydrogen (secondary N) is 2. The van der Waals surface area contributed by atoms with Gasteiger partial charge in [-0.2, -0.15) is 0 Å². The van der Waals surface area contributed by atoms with Crippen LogP contribution >= 0.6 is 0 Å². The molecule has 166 valence electrons. The molecule has 0 radical (unpaired) electrons. The lowest BCUT2D eigenvalue weighted by atomic mass is 10.1. The normalized spacial score (nSPS) is 10.4. The first-order valence-corrected chi connectivity index (χ1v) is 9.94. The first kappa shape index (κ1) is 23.7. The van der Waals surface area contributed by atoms with Crippen LogP contribution in [-0.4, -0.2) is 38.1 Å². The first-order valence-electron chi connectivity index (χ1n) is 9.94. The Hall–Kier alpha value is -3.55. The van der Waals surface area contributed by atoms with Crippen molar-refractivity contribution in [2.45, 2.75) is 27.2 Å². The molecule has 2 aromatic rings. The van der Waals surface area contributed by atoms with Crippen LogP contribution in [0.1, 0.15) is 46.5 Å². The van der Waals surface area contributed by atoms with Crippen LogP contribution in [0.2, 0.25) is 0 Å². The summed E-state index contributed by atoms with van der Waals surface area (Å²) in [4.78, 5) is 36.1. The molecule has 0 fully saturated rings. The Balaban J connectivity index is 1.83. The predicted molar refractivity (Wildman–Crippen MR) is 115 cm³/mol. The van der Waals surface area contributed by atoms with Gasteiger partial charge in [-0.05, 0) is 49.6 Å². The van der Waals surface area contributed by atoms with Gasteiger partial charge in [-0.1, -0.05) is 31.5 Å². The first-order chi connectivity index (χ1) is 14.8. The third-order valence-electron chi connectivity index (χ3n) is 4.32. The van der Waals surface area contributed by atoms with Gasteiger partial charge < -0.3 is 14.2 Å². The van der Waals surface area contributed by atoms with Crippen LogP contribution in [-0.2, 0) is 9.53 Å². The molecular formula is C23H28N2O6. The van der Waals surface area contributed by atoms with Crippen molar-refractivity contribution < 1.29 is 28.6 Å². The molecule has 0 aliphatic carbocycles. The average molecular weight is 428 g/mol. The van der Waals surface area contributed by atoms with Gasteiger partial charge in [0, 0.05) is 5.56 Å². The number of hydrogen-bond acceptors (Lipinski definition) is 6. The molecule has 0 spiro atoms. The van der Waals surface area contributed by atoms with E-state index in [9.17, 15) is 14.4 Å². The minimum absolute atomic E-state index is 0.213. The number of carbonyl (C=O) groups excluding carboxylic acids is 3. The number of amides is 2. The minimum Gasteiger partial charge on any atom is -0.493 e. The molecule has 0 saturated heterocycles. The molecule has 0 bridgehead atoms. The number of ether oxygens (including phenoxy) is 3. The highest BCUT2D eigenvalue weighted by molar-refractivity contribution is 5.96. The largest absolute Gasteiger partial charge is 0.493 e. The molecule has 31 heavy (non-hydrogen) atoms. The molecule has 0 aromatic heterocycles. The number of hydrogen-bond donors (Lipinski definition) is 2. The van der Waals surface area contributed by atoms with Gasteiger partial charge in [-0.25, -0.2) is 4.79 Å². The number of aryl methyl sites for hydroxylation is 1. The molecule has 2 aromatic carbocycles. The lowest BCUT2D eigenvalue weighted by Crippen LogP contribution is -2.43. The number of hydrazine groups is 1. The van der Waals surface area contributed by atoms with Crippen LogP contribution in [0.4, 0.5) is 0 Å². The topological polar surface area (TPSA) is 103 Å². The Morgan fingerprint density at radius 1 is 0.935 bits per heavy atom. The molecule has 0 heterocycles. The summed E-state index contributed by atoms with van der Waals surface area (Å²) in [6.45, 7) is 6.09. The van der Waals surface area contributed by atoms with Crippen LogP contribution in [0.5, 0.6) is 11.5 Å². The zero-order valence-electron chi connectivity index (χ0n) is 18.2. The van der Waals surface area contributed by atoms with Gasteiger partial charge >= 0.3 is 5.97 Å². The number of carbonyl (C=O) groups is 3. The summed E-state index contributed by atoms with van der Waals surface area (Å²) in [6.07, 6.45) is 0.891. The molecule has 0 aliphatic rings. The van der Waals surface area contributed by atoms with Crippen molar-refractivity contribution in [3.63, 3.8) is 0 Å². The van der Waals surface area contributed by atoms with Crippen LogP contribution in [0.15, 0.2) is 42.5 Å². The quantitative estimate of drug-likeness (QED) is 0.470. The van der Waals surface area contributed by atoms with Gasteiger partial charge in [0.15, 0.2) is 18.1 Å². The number of rotatable bonds is 9. The van der Waals surface area contributed by atoms with Crippen molar-refractivity contribution in [3.8, 4) is 11.5 Å². The summed E-state index contributed by atoms with van der Waals surface area (Å²) in [6, 6.07) is 11.5. The van der Waals surface area contributed by atoms with E-state index in [1.165, 1.54) is 19.2 Å². The van der Waals surface area contributed by atoms with Gasteiger partial charge in [0.1, 0.15) is 0 Å². The molecule has 2 rings (SSSR count). The standard InChI is InChI=1S/C23H28N2O6/c1-15(2)11-12-30-19-10-9-18(13-20(19)29-4)23(28)31-14-21(26)24-25-22(27)17-7-5-16(3)6-8-17/h5-10,13,15H,11-12,14H2,1-4H3,(H,24,26)(H,25,27). The lowest BCUT2D eigenvalue weighted by Gasteiger charge is -2.13. The Morgan fingerprint density at radius 3 is 2.26 bits per heavy atom. The number of benzene rings is 2. The minimum atomic E-state index is -0.702. The molecular weight excluding hydrogens is 400 g/mol.